The predicted molar refractivity (Wildman–Crippen MR) is 124 cm³/mol. The van der Waals surface area contributed by atoms with Crippen molar-refractivity contribution in [1.82, 2.24) is 9.78 Å². The Morgan fingerprint density at radius 3 is 2.33 bits per heavy atom. The smallest absolute Gasteiger partial charge is 0.347 e. The summed E-state index contributed by atoms with van der Waals surface area (Å²) in [4.78, 5) is 23.8. The SMILES string of the molecule is CCCn1cc(COC(=O)c2ccc(OC(C)(C)C(=O)O)cc2)c(Cc2ccc(C)cc2)n1. The van der Waals surface area contributed by atoms with Crippen molar-refractivity contribution in [2.75, 3.05) is 0 Å². The monoisotopic (exact) mass is 450 g/mol. The third-order valence-electron chi connectivity index (χ3n) is 5.21. The molecule has 0 radical (unpaired) electrons. The first-order valence-corrected chi connectivity index (χ1v) is 11.0. The number of aryl methyl sites for hydroxylation is 2. The van der Waals surface area contributed by atoms with E-state index in [2.05, 4.69) is 43.2 Å². The van der Waals surface area contributed by atoms with Crippen molar-refractivity contribution in [2.45, 2.75) is 59.3 Å². The maximum atomic E-state index is 12.6. The molecule has 0 saturated heterocycles. The van der Waals surface area contributed by atoms with Gasteiger partial charge in [-0.3, -0.25) is 4.68 Å². The molecule has 174 valence electrons. The fourth-order valence-corrected chi connectivity index (χ4v) is 3.24. The van der Waals surface area contributed by atoms with E-state index in [1.807, 2.05) is 10.9 Å². The molecule has 33 heavy (non-hydrogen) atoms. The van der Waals surface area contributed by atoms with Crippen molar-refractivity contribution < 1.29 is 24.2 Å². The maximum absolute atomic E-state index is 12.6. The fraction of sp³-hybridized carbons (Fsp3) is 0.346. The molecule has 1 aromatic heterocycles. The van der Waals surface area contributed by atoms with E-state index in [0.29, 0.717) is 17.7 Å². The van der Waals surface area contributed by atoms with Gasteiger partial charge in [0.15, 0.2) is 5.60 Å². The fourth-order valence-electron chi connectivity index (χ4n) is 3.24. The molecule has 3 aromatic rings. The zero-order chi connectivity index (χ0) is 24.0. The van der Waals surface area contributed by atoms with Crippen LogP contribution >= 0.6 is 0 Å². The van der Waals surface area contributed by atoms with Crippen LogP contribution in [0.15, 0.2) is 54.7 Å². The first kappa shape index (κ1) is 24.0. The minimum absolute atomic E-state index is 0.119. The molecule has 1 heterocycles. The molecule has 2 aromatic carbocycles. The normalized spacial score (nSPS) is 11.3. The van der Waals surface area contributed by atoms with E-state index < -0.39 is 17.5 Å². The number of carbonyl (C=O) groups excluding carboxylic acids is 1. The van der Waals surface area contributed by atoms with Gasteiger partial charge in [-0.05, 0) is 57.0 Å². The molecule has 0 unspecified atom stereocenters. The van der Waals surface area contributed by atoms with Crippen LogP contribution in [0.4, 0.5) is 0 Å². The molecule has 0 aliphatic rings. The maximum Gasteiger partial charge on any atom is 0.347 e. The zero-order valence-corrected chi connectivity index (χ0v) is 19.5. The molecule has 0 aliphatic carbocycles. The summed E-state index contributed by atoms with van der Waals surface area (Å²) in [6.45, 7) is 7.98. The Hall–Kier alpha value is -3.61. The number of aromatic nitrogens is 2. The summed E-state index contributed by atoms with van der Waals surface area (Å²) in [6, 6.07) is 14.5. The lowest BCUT2D eigenvalue weighted by Gasteiger charge is -2.21. The van der Waals surface area contributed by atoms with Crippen molar-refractivity contribution >= 4 is 11.9 Å². The molecular weight excluding hydrogens is 420 g/mol. The van der Waals surface area contributed by atoms with E-state index in [1.54, 1.807) is 24.3 Å². The van der Waals surface area contributed by atoms with Crippen LogP contribution in [-0.2, 0) is 29.1 Å². The zero-order valence-electron chi connectivity index (χ0n) is 19.5. The highest BCUT2D eigenvalue weighted by atomic mass is 16.5. The Labute approximate surface area is 194 Å². The van der Waals surface area contributed by atoms with Crippen LogP contribution in [0.2, 0.25) is 0 Å². The van der Waals surface area contributed by atoms with Crippen molar-refractivity contribution in [2.24, 2.45) is 0 Å². The minimum atomic E-state index is -1.37. The highest BCUT2D eigenvalue weighted by Gasteiger charge is 2.29. The summed E-state index contributed by atoms with van der Waals surface area (Å²) in [7, 11) is 0. The molecule has 1 N–H and O–H groups in total. The topological polar surface area (TPSA) is 90.7 Å². The lowest BCUT2D eigenvalue weighted by molar-refractivity contribution is -0.152. The van der Waals surface area contributed by atoms with E-state index in [4.69, 9.17) is 9.47 Å². The van der Waals surface area contributed by atoms with E-state index in [0.717, 1.165) is 29.8 Å². The Morgan fingerprint density at radius 1 is 1.06 bits per heavy atom. The van der Waals surface area contributed by atoms with Gasteiger partial charge in [-0.2, -0.15) is 5.10 Å². The lowest BCUT2D eigenvalue weighted by atomic mass is 10.1. The van der Waals surface area contributed by atoms with Gasteiger partial charge in [0.25, 0.3) is 0 Å². The number of rotatable bonds is 10. The van der Waals surface area contributed by atoms with E-state index in [1.165, 1.54) is 19.4 Å². The first-order chi connectivity index (χ1) is 15.7. The molecular formula is C26H30N2O5. The number of hydrogen-bond acceptors (Lipinski definition) is 5. The van der Waals surface area contributed by atoms with Crippen LogP contribution in [0.3, 0.4) is 0 Å². The number of esters is 1. The van der Waals surface area contributed by atoms with E-state index in [-0.39, 0.29) is 6.61 Å². The van der Waals surface area contributed by atoms with Gasteiger partial charge < -0.3 is 14.6 Å². The number of aliphatic carboxylic acids is 1. The number of ether oxygens (including phenoxy) is 2. The van der Waals surface area contributed by atoms with Crippen LogP contribution in [0.5, 0.6) is 5.75 Å². The summed E-state index contributed by atoms with van der Waals surface area (Å²) in [5, 5.41) is 13.9. The Balaban J connectivity index is 1.67. The number of carboxylic acid groups (broad SMARTS) is 1. The summed E-state index contributed by atoms with van der Waals surface area (Å²) < 4.78 is 12.9. The second-order valence-electron chi connectivity index (χ2n) is 8.54. The van der Waals surface area contributed by atoms with Gasteiger partial charge in [0.05, 0.1) is 11.3 Å². The minimum Gasteiger partial charge on any atom is -0.478 e. The van der Waals surface area contributed by atoms with Gasteiger partial charge in [0.1, 0.15) is 12.4 Å². The van der Waals surface area contributed by atoms with Crippen LogP contribution in [0.1, 0.15) is 59.9 Å². The largest absolute Gasteiger partial charge is 0.478 e. The van der Waals surface area contributed by atoms with Crippen LogP contribution in [0.25, 0.3) is 0 Å². The van der Waals surface area contributed by atoms with Gasteiger partial charge in [0, 0.05) is 24.7 Å². The molecule has 0 saturated carbocycles. The second-order valence-corrected chi connectivity index (χ2v) is 8.54. The number of carboxylic acids is 1. The number of benzene rings is 2. The van der Waals surface area contributed by atoms with E-state index in [9.17, 15) is 14.7 Å². The standard InChI is InChI=1S/C26H30N2O5/c1-5-14-28-16-21(23(27-28)15-19-8-6-18(2)7-9-19)17-32-24(29)20-10-12-22(13-11-20)33-26(3,4)25(30)31/h6-13,16H,5,14-15,17H2,1-4H3,(H,30,31). The van der Waals surface area contributed by atoms with Crippen molar-refractivity contribution in [1.29, 1.82) is 0 Å². The van der Waals surface area contributed by atoms with Gasteiger partial charge in [-0.15, -0.1) is 0 Å². The lowest BCUT2D eigenvalue weighted by Crippen LogP contribution is -2.37. The molecule has 7 heteroatoms. The molecule has 0 amide bonds. The molecule has 0 spiro atoms. The number of carbonyl (C=O) groups is 2. The van der Waals surface area contributed by atoms with Crippen molar-refractivity contribution in [3.63, 3.8) is 0 Å². The van der Waals surface area contributed by atoms with Crippen LogP contribution in [-0.4, -0.2) is 32.4 Å². The van der Waals surface area contributed by atoms with Crippen molar-refractivity contribution in [3.05, 3.63) is 82.7 Å². The molecule has 0 bridgehead atoms. The van der Waals surface area contributed by atoms with Crippen molar-refractivity contribution in [3.8, 4) is 5.75 Å². The van der Waals surface area contributed by atoms with Crippen LogP contribution in [0, 0.1) is 6.92 Å². The molecule has 0 fully saturated rings. The highest BCUT2D eigenvalue weighted by molar-refractivity contribution is 5.89. The Morgan fingerprint density at radius 2 is 1.73 bits per heavy atom. The third kappa shape index (κ3) is 6.44. The average Bonchev–Trinajstić information content (AvgIpc) is 3.15. The van der Waals surface area contributed by atoms with Gasteiger partial charge in [-0.1, -0.05) is 36.8 Å². The second kappa shape index (κ2) is 10.3. The predicted octanol–water partition coefficient (Wildman–Crippen LogP) is 4.79. The molecule has 0 atom stereocenters. The van der Waals surface area contributed by atoms with Gasteiger partial charge in [0.2, 0.25) is 0 Å². The van der Waals surface area contributed by atoms with Gasteiger partial charge in [-0.25, -0.2) is 9.59 Å². The molecule has 0 aliphatic heterocycles. The third-order valence-corrected chi connectivity index (χ3v) is 5.21. The summed E-state index contributed by atoms with van der Waals surface area (Å²) in [5.41, 5.74) is 3.10. The summed E-state index contributed by atoms with van der Waals surface area (Å²) in [5.74, 6) is -1.18. The van der Waals surface area contributed by atoms with Gasteiger partial charge >= 0.3 is 11.9 Å². The first-order valence-electron chi connectivity index (χ1n) is 11.0. The summed E-state index contributed by atoms with van der Waals surface area (Å²) >= 11 is 0. The molecule has 3 rings (SSSR count). The summed E-state index contributed by atoms with van der Waals surface area (Å²) in [6.07, 6.45) is 3.55. The number of hydrogen-bond donors (Lipinski definition) is 1. The molecule has 7 nitrogen and oxygen atoms in total. The average molecular weight is 451 g/mol. The number of nitrogens with zero attached hydrogens (tertiary/aromatic N) is 2. The Kier molecular flexibility index (Phi) is 7.53. The van der Waals surface area contributed by atoms with E-state index >= 15 is 0 Å². The Bertz CT molecular complexity index is 1100. The quantitative estimate of drug-likeness (QED) is 0.447. The van der Waals surface area contributed by atoms with Crippen LogP contribution < -0.4 is 4.74 Å². The highest BCUT2D eigenvalue weighted by Crippen LogP contribution is 2.21.